The van der Waals surface area contributed by atoms with Crippen molar-refractivity contribution >= 4 is 39.2 Å². The number of anilines is 1. The van der Waals surface area contributed by atoms with E-state index in [2.05, 4.69) is 6.92 Å². The monoisotopic (exact) mass is 419 g/mol. The maximum atomic E-state index is 12.7. The van der Waals surface area contributed by atoms with Crippen molar-refractivity contribution < 1.29 is 22.7 Å². The molecule has 8 heteroatoms. The Hall–Kier alpha value is -2.32. The SMILES string of the molecule is C[C@@H]1CCN(C(=O)COC(=O)c2ccc(S(C)(=O)=O)cc2)c2ccccc2S1. The van der Waals surface area contributed by atoms with Crippen LogP contribution in [0.25, 0.3) is 0 Å². The molecular formula is C20H21NO5S2. The van der Waals surface area contributed by atoms with E-state index < -0.39 is 15.8 Å². The van der Waals surface area contributed by atoms with E-state index in [1.165, 1.54) is 24.3 Å². The number of rotatable bonds is 4. The lowest BCUT2D eigenvalue weighted by molar-refractivity contribution is -0.121. The molecule has 28 heavy (non-hydrogen) atoms. The van der Waals surface area contributed by atoms with Crippen LogP contribution in [0.3, 0.4) is 0 Å². The van der Waals surface area contributed by atoms with Crippen LogP contribution in [0.5, 0.6) is 0 Å². The zero-order chi connectivity index (χ0) is 20.3. The summed E-state index contributed by atoms with van der Waals surface area (Å²) in [7, 11) is -3.34. The summed E-state index contributed by atoms with van der Waals surface area (Å²) in [6.07, 6.45) is 1.93. The van der Waals surface area contributed by atoms with Crippen LogP contribution in [0.1, 0.15) is 23.7 Å². The normalized spacial score (nSPS) is 16.8. The van der Waals surface area contributed by atoms with Gasteiger partial charge in [0.2, 0.25) is 0 Å². The van der Waals surface area contributed by atoms with Crippen LogP contribution < -0.4 is 4.90 Å². The summed E-state index contributed by atoms with van der Waals surface area (Å²) in [5, 5.41) is 0.384. The van der Waals surface area contributed by atoms with Crippen molar-refractivity contribution in [1.82, 2.24) is 0 Å². The fourth-order valence-corrected chi connectivity index (χ4v) is 4.62. The van der Waals surface area contributed by atoms with Gasteiger partial charge in [-0.1, -0.05) is 19.1 Å². The summed E-state index contributed by atoms with van der Waals surface area (Å²) in [6.45, 7) is 2.31. The number of sulfone groups is 1. The van der Waals surface area contributed by atoms with Crippen molar-refractivity contribution in [2.45, 2.75) is 28.4 Å². The molecule has 0 aromatic heterocycles. The predicted octanol–water partition coefficient (Wildman–Crippen LogP) is 3.16. The molecule has 3 rings (SSSR count). The van der Waals surface area contributed by atoms with Gasteiger partial charge in [0.05, 0.1) is 16.1 Å². The first-order valence-corrected chi connectivity index (χ1v) is 11.6. The minimum absolute atomic E-state index is 0.118. The highest BCUT2D eigenvalue weighted by atomic mass is 32.2. The summed E-state index contributed by atoms with van der Waals surface area (Å²) in [5.41, 5.74) is 1.02. The molecule has 1 aliphatic heterocycles. The molecule has 0 aliphatic carbocycles. The zero-order valence-corrected chi connectivity index (χ0v) is 17.3. The van der Waals surface area contributed by atoms with Gasteiger partial charge in [-0.2, -0.15) is 0 Å². The molecule has 1 atom stereocenters. The maximum Gasteiger partial charge on any atom is 0.338 e. The first-order chi connectivity index (χ1) is 13.3. The fraction of sp³-hybridized carbons (Fsp3) is 0.300. The number of hydrogen-bond acceptors (Lipinski definition) is 6. The molecular weight excluding hydrogens is 398 g/mol. The number of fused-ring (bicyclic) bond motifs is 1. The molecule has 0 N–H and O–H groups in total. The Labute approximate surface area is 168 Å². The van der Waals surface area contributed by atoms with Gasteiger partial charge < -0.3 is 9.64 Å². The zero-order valence-electron chi connectivity index (χ0n) is 15.6. The number of carbonyl (C=O) groups is 2. The highest BCUT2D eigenvalue weighted by molar-refractivity contribution is 8.00. The number of carbonyl (C=O) groups excluding carboxylic acids is 2. The second-order valence-electron chi connectivity index (χ2n) is 6.60. The highest BCUT2D eigenvalue weighted by Gasteiger charge is 2.25. The Morgan fingerprint density at radius 1 is 1.14 bits per heavy atom. The smallest absolute Gasteiger partial charge is 0.338 e. The molecule has 2 aromatic carbocycles. The molecule has 0 radical (unpaired) electrons. The number of benzene rings is 2. The van der Waals surface area contributed by atoms with E-state index in [1.807, 2.05) is 24.3 Å². The third-order valence-corrected chi connectivity index (χ3v) is 6.76. The Bertz CT molecular complexity index is 986. The standard InChI is InChI=1S/C20H21NO5S2/c1-14-11-12-21(17-5-3-4-6-18(17)27-14)19(22)13-26-20(23)15-7-9-16(10-8-15)28(2,24)25/h3-10,14H,11-13H2,1-2H3/t14-/m1/s1. The number of esters is 1. The molecule has 1 aliphatic rings. The summed E-state index contributed by atoms with van der Waals surface area (Å²) >= 11 is 1.73. The molecule has 0 saturated carbocycles. The minimum atomic E-state index is -3.34. The first kappa shape index (κ1) is 20.4. The van der Waals surface area contributed by atoms with E-state index in [0.29, 0.717) is 11.8 Å². The predicted molar refractivity (Wildman–Crippen MR) is 109 cm³/mol. The topological polar surface area (TPSA) is 80.8 Å². The van der Waals surface area contributed by atoms with E-state index in [-0.39, 0.29) is 23.0 Å². The molecule has 148 valence electrons. The van der Waals surface area contributed by atoms with E-state index in [9.17, 15) is 18.0 Å². The van der Waals surface area contributed by atoms with Crippen LogP contribution in [0.2, 0.25) is 0 Å². The molecule has 0 bridgehead atoms. The van der Waals surface area contributed by atoms with Crippen molar-refractivity contribution in [1.29, 1.82) is 0 Å². The van der Waals surface area contributed by atoms with Gasteiger partial charge in [0.15, 0.2) is 16.4 Å². The van der Waals surface area contributed by atoms with E-state index in [0.717, 1.165) is 23.3 Å². The number of amides is 1. The van der Waals surface area contributed by atoms with Crippen molar-refractivity contribution in [3.63, 3.8) is 0 Å². The Balaban J connectivity index is 1.68. The number of thioether (sulfide) groups is 1. The molecule has 2 aromatic rings. The van der Waals surface area contributed by atoms with Gasteiger partial charge in [0.1, 0.15) is 0 Å². The molecule has 0 fully saturated rings. The molecule has 6 nitrogen and oxygen atoms in total. The van der Waals surface area contributed by atoms with Gasteiger partial charge in [-0.25, -0.2) is 13.2 Å². The number of hydrogen-bond donors (Lipinski definition) is 0. The van der Waals surface area contributed by atoms with E-state index in [4.69, 9.17) is 4.74 Å². The first-order valence-electron chi connectivity index (χ1n) is 8.79. The molecule has 0 saturated heterocycles. The third kappa shape index (κ3) is 4.74. The lowest BCUT2D eigenvalue weighted by Gasteiger charge is -2.22. The van der Waals surface area contributed by atoms with Gasteiger partial charge in [-0.3, -0.25) is 4.79 Å². The second kappa shape index (κ2) is 8.36. The number of ether oxygens (including phenoxy) is 1. The van der Waals surface area contributed by atoms with Crippen LogP contribution in [0.15, 0.2) is 58.3 Å². The van der Waals surface area contributed by atoms with E-state index >= 15 is 0 Å². The van der Waals surface area contributed by atoms with E-state index in [1.54, 1.807) is 16.7 Å². The fourth-order valence-electron chi connectivity index (χ4n) is 2.87. The largest absolute Gasteiger partial charge is 0.452 e. The lowest BCUT2D eigenvalue weighted by Crippen LogP contribution is -2.35. The summed E-state index contributed by atoms with van der Waals surface area (Å²) in [6, 6.07) is 13.1. The average molecular weight is 420 g/mol. The number of nitrogens with zero attached hydrogens (tertiary/aromatic N) is 1. The van der Waals surface area contributed by atoms with Gasteiger partial charge in [-0.05, 0) is 42.8 Å². The van der Waals surface area contributed by atoms with Crippen molar-refractivity contribution in [2.75, 3.05) is 24.3 Å². The summed E-state index contributed by atoms with van der Waals surface area (Å²) in [5.74, 6) is -0.956. The molecule has 0 unspecified atom stereocenters. The van der Waals surface area contributed by atoms with Crippen LogP contribution in [0, 0.1) is 0 Å². The average Bonchev–Trinajstić information content (AvgIpc) is 2.83. The second-order valence-corrected chi connectivity index (χ2v) is 10.1. The van der Waals surface area contributed by atoms with Crippen LogP contribution in [-0.2, 0) is 19.4 Å². The third-order valence-electron chi connectivity index (χ3n) is 4.39. The highest BCUT2D eigenvalue weighted by Crippen LogP contribution is 2.37. The Kier molecular flexibility index (Phi) is 6.10. The van der Waals surface area contributed by atoms with Crippen molar-refractivity contribution in [3.05, 3.63) is 54.1 Å². The summed E-state index contributed by atoms with van der Waals surface area (Å²) in [4.78, 5) is 27.7. The van der Waals surface area contributed by atoms with Crippen LogP contribution in [-0.4, -0.2) is 45.0 Å². The van der Waals surface area contributed by atoms with Crippen molar-refractivity contribution in [2.24, 2.45) is 0 Å². The Morgan fingerprint density at radius 3 is 2.50 bits per heavy atom. The molecule has 1 heterocycles. The Morgan fingerprint density at radius 2 is 1.82 bits per heavy atom. The molecule has 1 amide bonds. The van der Waals surface area contributed by atoms with Crippen molar-refractivity contribution in [3.8, 4) is 0 Å². The summed E-state index contributed by atoms with van der Waals surface area (Å²) < 4.78 is 28.1. The van der Waals surface area contributed by atoms with Gasteiger partial charge in [-0.15, -0.1) is 11.8 Å². The minimum Gasteiger partial charge on any atom is -0.452 e. The molecule has 0 spiro atoms. The lowest BCUT2D eigenvalue weighted by atomic mass is 10.2. The van der Waals surface area contributed by atoms with Gasteiger partial charge in [0, 0.05) is 22.9 Å². The van der Waals surface area contributed by atoms with Crippen LogP contribution in [0.4, 0.5) is 5.69 Å². The maximum absolute atomic E-state index is 12.7. The quantitative estimate of drug-likeness (QED) is 0.708. The van der Waals surface area contributed by atoms with Gasteiger partial charge in [0.25, 0.3) is 5.91 Å². The van der Waals surface area contributed by atoms with Crippen LogP contribution >= 0.6 is 11.8 Å². The number of para-hydroxylation sites is 1. The van der Waals surface area contributed by atoms with Gasteiger partial charge >= 0.3 is 5.97 Å².